The lowest BCUT2D eigenvalue weighted by atomic mass is 10.0. The van der Waals surface area contributed by atoms with Gasteiger partial charge in [0.2, 0.25) is 5.96 Å². The van der Waals surface area contributed by atoms with Gasteiger partial charge in [0.15, 0.2) is 5.78 Å². The number of hydrogen-bond donors (Lipinski definition) is 2. The van der Waals surface area contributed by atoms with Gasteiger partial charge in [-0.3, -0.25) is 4.79 Å². The van der Waals surface area contributed by atoms with Crippen molar-refractivity contribution in [1.29, 1.82) is 0 Å². The molecule has 0 aliphatic heterocycles. The molecule has 0 atom stereocenters. The highest BCUT2D eigenvalue weighted by Gasteiger charge is 2.08. The maximum absolute atomic E-state index is 12.4. The molecule has 0 aliphatic carbocycles. The summed E-state index contributed by atoms with van der Waals surface area (Å²) >= 11 is 0. The summed E-state index contributed by atoms with van der Waals surface area (Å²) in [5, 5.41) is 7.34. The standard InChI is InChI=1S/C22H20N4O2/c23-22(24)26-25-14-17-5-4-8-20(13-17)28-15-16-9-11-19(12-10-16)21(27)18-6-2-1-3-7-18/h1-14H,15H2,(H4,23,24,26)/b25-14+. The molecule has 0 fully saturated rings. The van der Waals surface area contributed by atoms with Crippen molar-refractivity contribution in [2.75, 3.05) is 0 Å². The van der Waals surface area contributed by atoms with Gasteiger partial charge in [0.25, 0.3) is 0 Å². The van der Waals surface area contributed by atoms with Gasteiger partial charge in [0.05, 0.1) is 6.21 Å². The van der Waals surface area contributed by atoms with E-state index in [1.54, 1.807) is 0 Å². The predicted octanol–water partition coefficient (Wildman–Crippen LogP) is 3.10. The van der Waals surface area contributed by atoms with Crippen molar-refractivity contribution in [2.45, 2.75) is 6.61 Å². The second-order valence-corrected chi connectivity index (χ2v) is 6.02. The molecule has 0 radical (unpaired) electrons. The van der Waals surface area contributed by atoms with Crippen molar-refractivity contribution in [1.82, 2.24) is 0 Å². The molecule has 140 valence electrons. The van der Waals surface area contributed by atoms with Crippen LogP contribution < -0.4 is 16.2 Å². The molecule has 0 spiro atoms. The van der Waals surface area contributed by atoms with Crippen molar-refractivity contribution in [3.63, 3.8) is 0 Å². The molecule has 0 saturated carbocycles. The Labute approximate surface area is 163 Å². The van der Waals surface area contributed by atoms with Gasteiger partial charge in [-0.2, -0.15) is 5.10 Å². The predicted molar refractivity (Wildman–Crippen MR) is 110 cm³/mol. The zero-order valence-electron chi connectivity index (χ0n) is 15.2. The molecule has 4 N–H and O–H groups in total. The van der Waals surface area contributed by atoms with Crippen molar-refractivity contribution in [3.05, 3.63) is 101 Å². The van der Waals surface area contributed by atoms with Crippen molar-refractivity contribution in [3.8, 4) is 5.75 Å². The average molecular weight is 372 g/mol. The van der Waals surface area contributed by atoms with Gasteiger partial charge in [0, 0.05) is 11.1 Å². The van der Waals surface area contributed by atoms with Crippen LogP contribution in [-0.2, 0) is 6.61 Å². The summed E-state index contributed by atoms with van der Waals surface area (Å²) in [4.78, 5) is 12.4. The number of carbonyl (C=O) groups is 1. The lowest BCUT2D eigenvalue weighted by Crippen LogP contribution is -2.21. The Bertz CT molecular complexity index is 993. The molecule has 3 aromatic rings. The van der Waals surface area contributed by atoms with E-state index in [2.05, 4.69) is 10.2 Å². The van der Waals surface area contributed by atoms with Crippen LogP contribution >= 0.6 is 0 Å². The van der Waals surface area contributed by atoms with Gasteiger partial charge in [-0.15, -0.1) is 5.10 Å². The van der Waals surface area contributed by atoms with E-state index in [-0.39, 0.29) is 11.7 Å². The molecule has 3 rings (SSSR count). The van der Waals surface area contributed by atoms with E-state index in [9.17, 15) is 4.79 Å². The second kappa shape index (κ2) is 9.14. The van der Waals surface area contributed by atoms with Gasteiger partial charge < -0.3 is 16.2 Å². The number of nitrogens with two attached hydrogens (primary N) is 2. The number of hydrogen-bond acceptors (Lipinski definition) is 4. The summed E-state index contributed by atoms with van der Waals surface area (Å²) < 4.78 is 5.81. The highest BCUT2D eigenvalue weighted by molar-refractivity contribution is 6.08. The number of ether oxygens (including phenoxy) is 1. The normalized spacial score (nSPS) is 10.6. The first-order chi connectivity index (χ1) is 13.6. The minimum atomic E-state index is -0.0992. The first-order valence-electron chi connectivity index (χ1n) is 8.65. The van der Waals surface area contributed by atoms with Crippen LogP contribution in [0, 0.1) is 0 Å². The van der Waals surface area contributed by atoms with Gasteiger partial charge >= 0.3 is 0 Å². The van der Waals surface area contributed by atoms with E-state index >= 15 is 0 Å². The van der Waals surface area contributed by atoms with Gasteiger partial charge in [-0.25, -0.2) is 0 Å². The molecular weight excluding hydrogens is 352 g/mol. The zero-order chi connectivity index (χ0) is 19.8. The number of benzene rings is 3. The molecule has 6 heteroatoms. The van der Waals surface area contributed by atoms with Crippen LogP contribution in [0.5, 0.6) is 5.75 Å². The lowest BCUT2D eigenvalue weighted by Gasteiger charge is -2.08. The molecule has 28 heavy (non-hydrogen) atoms. The van der Waals surface area contributed by atoms with E-state index in [1.165, 1.54) is 6.21 Å². The molecule has 0 amide bonds. The fraction of sp³-hybridized carbons (Fsp3) is 0.0455. The molecule has 3 aromatic carbocycles. The summed E-state index contributed by atoms with van der Waals surface area (Å²) in [6.07, 6.45) is 1.54. The van der Waals surface area contributed by atoms with Crippen LogP contribution in [0.1, 0.15) is 27.0 Å². The van der Waals surface area contributed by atoms with Gasteiger partial charge in [-0.1, -0.05) is 66.7 Å². The van der Waals surface area contributed by atoms with E-state index in [0.29, 0.717) is 23.5 Å². The fourth-order valence-electron chi connectivity index (χ4n) is 2.52. The summed E-state index contributed by atoms with van der Waals surface area (Å²) in [6, 6.07) is 24.0. The summed E-state index contributed by atoms with van der Waals surface area (Å²) in [7, 11) is 0. The first-order valence-corrected chi connectivity index (χ1v) is 8.65. The van der Waals surface area contributed by atoms with E-state index in [4.69, 9.17) is 16.2 Å². The fourth-order valence-corrected chi connectivity index (χ4v) is 2.52. The third kappa shape index (κ3) is 5.28. The average Bonchev–Trinajstić information content (AvgIpc) is 2.73. The Kier molecular flexibility index (Phi) is 6.15. The van der Waals surface area contributed by atoms with Crippen LogP contribution in [0.25, 0.3) is 0 Å². The first kappa shape index (κ1) is 18.8. The maximum Gasteiger partial charge on any atom is 0.211 e. The number of carbonyl (C=O) groups excluding carboxylic acids is 1. The monoisotopic (exact) mass is 372 g/mol. The van der Waals surface area contributed by atoms with Crippen LogP contribution in [0.3, 0.4) is 0 Å². The van der Waals surface area contributed by atoms with Crippen LogP contribution in [0.4, 0.5) is 0 Å². The molecule has 0 bridgehead atoms. The van der Waals surface area contributed by atoms with E-state index < -0.39 is 0 Å². The SMILES string of the molecule is NC(N)=N/N=C/c1cccc(OCc2ccc(C(=O)c3ccccc3)cc2)c1. The van der Waals surface area contributed by atoms with E-state index in [1.807, 2.05) is 78.9 Å². The van der Waals surface area contributed by atoms with Gasteiger partial charge in [-0.05, 0) is 23.3 Å². The zero-order valence-corrected chi connectivity index (χ0v) is 15.2. The quantitative estimate of drug-likeness (QED) is 0.288. The summed E-state index contributed by atoms with van der Waals surface area (Å²) in [6.45, 7) is 0.383. The Morgan fingerprint density at radius 3 is 2.32 bits per heavy atom. The van der Waals surface area contributed by atoms with Crippen molar-refractivity contribution >= 4 is 18.0 Å². The van der Waals surface area contributed by atoms with Crippen LogP contribution in [-0.4, -0.2) is 18.0 Å². The third-order valence-corrected chi connectivity index (χ3v) is 3.90. The number of nitrogens with zero attached hydrogens (tertiary/aromatic N) is 2. The maximum atomic E-state index is 12.4. The molecular formula is C22H20N4O2. The minimum absolute atomic E-state index is 0.000770. The third-order valence-electron chi connectivity index (χ3n) is 3.90. The molecule has 0 heterocycles. The Hall–Kier alpha value is -3.93. The molecule has 0 unspecified atom stereocenters. The summed E-state index contributed by atoms with van der Waals surface area (Å²) in [5.74, 6) is 0.594. The lowest BCUT2D eigenvalue weighted by molar-refractivity contribution is 0.103. The summed E-state index contributed by atoms with van der Waals surface area (Å²) in [5.41, 5.74) is 13.5. The minimum Gasteiger partial charge on any atom is -0.489 e. The van der Waals surface area contributed by atoms with Crippen molar-refractivity contribution < 1.29 is 9.53 Å². The van der Waals surface area contributed by atoms with Gasteiger partial charge in [0.1, 0.15) is 12.4 Å². The van der Waals surface area contributed by atoms with Crippen molar-refractivity contribution in [2.24, 2.45) is 21.7 Å². The number of guanidine groups is 1. The number of ketones is 1. The van der Waals surface area contributed by atoms with E-state index in [0.717, 1.165) is 11.1 Å². The van der Waals surface area contributed by atoms with Crippen LogP contribution in [0.15, 0.2) is 89.1 Å². The molecule has 6 nitrogen and oxygen atoms in total. The Balaban J connectivity index is 1.62. The highest BCUT2D eigenvalue weighted by atomic mass is 16.5. The molecule has 0 aliphatic rings. The Morgan fingerprint density at radius 1 is 0.893 bits per heavy atom. The molecule has 0 saturated heterocycles. The second-order valence-electron chi connectivity index (χ2n) is 6.02. The molecule has 0 aromatic heterocycles. The number of rotatable bonds is 7. The Morgan fingerprint density at radius 2 is 1.61 bits per heavy atom. The topological polar surface area (TPSA) is 103 Å². The van der Waals surface area contributed by atoms with Crippen LogP contribution in [0.2, 0.25) is 0 Å². The smallest absolute Gasteiger partial charge is 0.211 e. The largest absolute Gasteiger partial charge is 0.489 e. The highest BCUT2D eigenvalue weighted by Crippen LogP contribution is 2.16.